The third-order valence-corrected chi connectivity index (χ3v) is 6.06. The Morgan fingerprint density at radius 3 is 2.21 bits per heavy atom. The molecule has 0 bridgehead atoms. The SMILES string of the molecule is Cc1ccc(S(=O)(=O)NC(/C=C/C(C)(C)C)C2CCCCC2)cc1. The average molecular weight is 350 g/mol. The molecular formula is C20H31NO2S. The molecule has 0 aliphatic heterocycles. The van der Waals surface area contributed by atoms with Crippen molar-refractivity contribution in [2.24, 2.45) is 11.3 Å². The molecule has 1 fully saturated rings. The van der Waals surface area contributed by atoms with Crippen LogP contribution in [0.15, 0.2) is 41.3 Å². The quantitative estimate of drug-likeness (QED) is 0.774. The number of hydrogen-bond acceptors (Lipinski definition) is 2. The first-order chi connectivity index (χ1) is 11.2. The van der Waals surface area contributed by atoms with Crippen LogP contribution < -0.4 is 4.72 Å². The molecule has 0 radical (unpaired) electrons. The van der Waals surface area contributed by atoms with Gasteiger partial charge in [-0.1, -0.05) is 69.9 Å². The smallest absolute Gasteiger partial charge is 0.207 e. The van der Waals surface area contributed by atoms with Gasteiger partial charge in [-0.05, 0) is 43.2 Å². The Labute approximate surface area is 147 Å². The Morgan fingerprint density at radius 2 is 1.67 bits per heavy atom. The van der Waals surface area contributed by atoms with Crippen LogP contribution in [0.1, 0.15) is 58.4 Å². The molecule has 24 heavy (non-hydrogen) atoms. The van der Waals surface area contributed by atoms with E-state index in [1.165, 1.54) is 19.3 Å². The summed E-state index contributed by atoms with van der Waals surface area (Å²) >= 11 is 0. The fourth-order valence-electron chi connectivity index (χ4n) is 3.14. The Bertz CT molecular complexity index is 648. The van der Waals surface area contributed by atoms with E-state index in [-0.39, 0.29) is 11.5 Å². The monoisotopic (exact) mass is 349 g/mol. The van der Waals surface area contributed by atoms with Crippen LogP contribution in [0.5, 0.6) is 0 Å². The first-order valence-corrected chi connectivity index (χ1v) is 10.4. The minimum Gasteiger partial charge on any atom is -0.207 e. The van der Waals surface area contributed by atoms with Crippen LogP contribution in [0.4, 0.5) is 0 Å². The Balaban J connectivity index is 2.22. The zero-order valence-electron chi connectivity index (χ0n) is 15.4. The predicted octanol–water partition coefficient (Wildman–Crippen LogP) is 4.82. The summed E-state index contributed by atoms with van der Waals surface area (Å²) in [5.74, 6) is 0.387. The lowest BCUT2D eigenvalue weighted by Gasteiger charge is -2.29. The van der Waals surface area contributed by atoms with Gasteiger partial charge < -0.3 is 0 Å². The minimum atomic E-state index is -3.49. The summed E-state index contributed by atoms with van der Waals surface area (Å²) in [5.41, 5.74) is 1.10. The van der Waals surface area contributed by atoms with Crippen molar-refractivity contribution in [1.82, 2.24) is 4.72 Å². The van der Waals surface area contributed by atoms with E-state index in [0.717, 1.165) is 18.4 Å². The highest BCUT2D eigenvalue weighted by atomic mass is 32.2. The molecule has 2 rings (SSSR count). The van der Waals surface area contributed by atoms with Gasteiger partial charge in [0.05, 0.1) is 4.90 Å². The van der Waals surface area contributed by atoms with Gasteiger partial charge in [-0.2, -0.15) is 0 Å². The van der Waals surface area contributed by atoms with E-state index in [4.69, 9.17) is 0 Å². The van der Waals surface area contributed by atoms with Crippen LogP contribution in [0.2, 0.25) is 0 Å². The van der Waals surface area contributed by atoms with Crippen molar-refractivity contribution in [3.8, 4) is 0 Å². The van der Waals surface area contributed by atoms with Crippen LogP contribution in [0.25, 0.3) is 0 Å². The number of nitrogens with one attached hydrogen (secondary N) is 1. The highest BCUT2D eigenvalue weighted by Gasteiger charge is 2.27. The van der Waals surface area contributed by atoms with Crippen LogP contribution in [-0.2, 0) is 10.0 Å². The first-order valence-electron chi connectivity index (χ1n) is 8.96. The highest BCUT2D eigenvalue weighted by Crippen LogP contribution is 2.29. The second-order valence-corrected chi connectivity index (χ2v) is 9.80. The first kappa shape index (κ1) is 19.2. The number of allylic oxidation sites excluding steroid dienone is 1. The molecule has 1 atom stereocenters. The summed E-state index contributed by atoms with van der Waals surface area (Å²) in [5, 5.41) is 0. The molecule has 1 N–H and O–H groups in total. The Hall–Kier alpha value is -1.13. The molecule has 0 heterocycles. The third kappa shape index (κ3) is 5.75. The maximum absolute atomic E-state index is 12.8. The zero-order valence-corrected chi connectivity index (χ0v) is 16.2. The molecule has 0 amide bonds. The molecule has 134 valence electrons. The predicted molar refractivity (Wildman–Crippen MR) is 100 cm³/mol. The molecule has 1 aromatic rings. The fraction of sp³-hybridized carbons (Fsp3) is 0.600. The largest absolute Gasteiger partial charge is 0.241 e. The number of hydrogen-bond donors (Lipinski definition) is 1. The molecule has 0 spiro atoms. The lowest BCUT2D eigenvalue weighted by atomic mass is 9.83. The number of rotatable bonds is 5. The molecule has 1 aliphatic carbocycles. The maximum Gasteiger partial charge on any atom is 0.241 e. The summed E-state index contributed by atoms with van der Waals surface area (Å²) in [6, 6.07) is 6.92. The highest BCUT2D eigenvalue weighted by molar-refractivity contribution is 7.89. The van der Waals surface area contributed by atoms with E-state index in [0.29, 0.717) is 10.8 Å². The van der Waals surface area contributed by atoms with E-state index in [2.05, 4.69) is 37.6 Å². The summed E-state index contributed by atoms with van der Waals surface area (Å²) in [7, 11) is -3.49. The van der Waals surface area contributed by atoms with Crippen molar-refractivity contribution in [2.75, 3.05) is 0 Å². The van der Waals surface area contributed by atoms with Gasteiger partial charge in [0.15, 0.2) is 0 Å². The third-order valence-electron chi connectivity index (χ3n) is 4.58. The second kappa shape index (κ2) is 7.83. The maximum atomic E-state index is 12.8. The minimum absolute atomic E-state index is 0.0439. The number of sulfonamides is 1. The van der Waals surface area contributed by atoms with E-state index in [1.807, 2.05) is 19.1 Å². The van der Waals surface area contributed by atoms with Crippen LogP contribution >= 0.6 is 0 Å². The van der Waals surface area contributed by atoms with Crippen molar-refractivity contribution in [3.05, 3.63) is 42.0 Å². The van der Waals surface area contributed by atoms with Crippen molar-refractivity contribution in [3.63, 3.8) is 0 Å². The molecule has 0 saturated heterocycles. The van der Waals surface area contributed by atoms with Crippen molar-refractivity contribution in [2.45, 2.75) is 70.7 Å². The van der Waals surface area contributed by atoms with Gasteiger partial charge in [-0.25, -0.2) is 13.1 Å². The molecule has 1 aliphatic rings. The summed E-state index contributed by atoms with van der Waals surface area (Å²) in [6.45, 7) is 8.36. The van der Waals surface area contributed by atoms with E-state index in [1.54, 1.807) is 12.1 Å². The zero-order chi connectivity index (χ0) is 17.8. The lowest BCUT2D eigenvalue weighted by molar-refractivity contribution is 0.318. The summed E-state index contributed by atoms with van der Waals surface area (Å²) in [6.07, 6.45) is 10.0. The molecule has 1 saturated carbocycles. The Morgan fingerprint density at radius 1 is 1.08 bits per heavy atom. The topological polar surface area (TPSA) is 46.2 Å². The number of benzene rings is 1. The van der Waals surface area contributed by atoms with Crippen molar-refractivity contribution < 1.29 is 8.42 Å². The normalized spacial score (nSPS) is 18.8. The van der Waals surface area contributed by atoms with Crippen LogP contribution in [-0.4, -0.2) is 14.5 Å². The fourth-order valence-corrected chi connectivity index (χ4v) is 4.40. The standard InChI is InChI=1S/C20H31NO2S/c1-16-10-12-18(13-11-16)24(22,23)21-19(14-15-20(2,3)4)17-8-6-5-7-9-17/h10-15,17,19,21H,5-9H2,1-4H3/b15-14+. The molecule has 0 aromatic heterocycles. The molecule has 1 unspecified atom stereocenters. The van der Waals surface area contributed by atoms with Gasteiger partial charge in [0.25, 0.3) is 0 Å². The van der Waals surface area contributed by atoms with E-state index < -0.39 is 10.0 Å². The molecule has 4 heteroatoms. The Kier molecular flexibility index (Phi) is 6.27. The van der Waals surface area contributed by atoms with Crippen LogP contribution in [0, 0.1) is 18.3 Å². The van der Waals surface area contributed by atoms with Gasteiger partial charge in [-0.3, -0.25) is 0 Å². The molecule has 3 nitrogen and oxygen atoms in total. The average Bonchev–Trinajstić information content (AvgIpc) is 2.52. The molecule has 1 aromatic carbocycles. The lowest BCUT2D eigenvalue weighted by Crippen LogP contribution is -2.40. The number of aryl methyl sites for hydroxylation is 1. The summed E-state index contributed by atoms with van der Waals surface area (Å²) in [4.78, 5) is 0.345. The summed E-state index contributed by atoms with van der Waals surface area (Å²) < 4.78 is 28.5. The van der Waals surface area contributed by atoms with E-state index >= 15 is 0 Å². The molecular weight excluding hydrogens is 318 g/mol. The van der Waals surface area contributed by atoms with Gasteiger partial charge in [0.2, 0.25) is 10.0 Å². The van der Waals surface area contributed by atoms with Crippen LogP contribution in [0.3, 0.4) is 0 Å². The van der Waals surface area contributed by atoms with Gasteiger partial charge >= 0.3 is 0 Å². The second-order valence-electron chi connectivity index (χ2n) is 8.08. The van der Waals surface area contributed by atoms with Gasteiger partial charge in [0.1, 0.15) is 0 Å². The van der Waals surface area contributed by atoms with Crippen molar-refractivity contribution in [1.29, 1.82) is 0 Å². The van der Waals surface area contributed by atoms with Crippen molar-refractivity contribution >= 4 is 10.0 Å². The van der Waals surface area contributed by atoms with Gasteiger partial charge in [0, 0.05) is 6.04 Å². The van der Waals surface area contributed by atoms with Gasteiger partial charge in [-0.15, -0.1) is 0 Å². The van der Waals surface area contributed by atoms with E-state index in [9.17, 15) is 8.42 Å².